The van der Waals surface area contributed by atoms with Gasteiger partial charge < -0.3 is 0 Å². The number of rotatable bonds is 11. The standard InChI is InChI=1S/C15H31Br/c1-4-5-6-7-8-9-10-11-12-13-15(16)14(2)3/h14-15H,4-13H2,1-3H3. The number of halogens is 1. The minimum absolute atomic E-state index is 0.733. The quantitative estimate of drug-likeness (QED) is 0.308. The Hall–Kier alpha value is 0.480. The summed E-state index contributed by atoms with van der Waals surface area (Å²) in [5, 5.41) is 0. The largest absolute Gasteiger partial charge is 0.0888 e. The van der Waals surface area contributed by atoms with E-state index in [2.05, 4.69) is 36.7 Å². The fourth-order valence-electron chi connectivity index (χ4n) is 1.98. The van der Waals surface area contributed by atoms with Crippen molar-refractivity contribution in [2.75, 3.05) is 0 Å². The lowest BCUT2D eigenvalue weighted by atomic mass is 10.0. The van der Waals surface area contributed by atoms with Crippen molar-refractivity contribution in [3.05, 3.63) is 0 Å². The predicted molar refractivity (Wildman–Crippen MR) is 79.4 cm³/mol. The third-order valence-electron chi connectivity index (χ3n) is 3.31. The van der Waals surface area contributed by atoms with Crippen LogP contribution in [0.4, 0.5) is 0 Å². The van der Waals surface area contributed by atoms with Crippen LogP contribution in [0, 0.1) is 5.92 Å². The monoisotopic (exact) mass is 290 g/mol. The van der Waals surface area contributed by atoms with E-state index in [1.165, 1.54) is 64.2 Å². The molecule has 0 spiro atoms. The van der Waals surface area contributed by atoms with E-state index in [1.807, 2.05) is 0 Å². The number of hydrogen-bond donors (Lipinski definition) is 0. The number of unbranched alkanes of at least 4 members (excludes halogenated alkanes) is 8. The van der Waals surface area contributed by atoms with Crippen molar-refractivity contribution in [1.82, 2.24) is 0 Å². The van der Waals surface area contributed by atoms with Crippen LogP contribution in [0.25, 0.3) is 0 Å². The van der Waals surface area contributed by atoms with Crippen molar-refractivity contribution < 1.29 is 0 Å². The van der Waals surface area contributed by atoms with E-state index in [0.717, 1.165) is 10.7 Å². The molecule has 0 aliphatic heterocycles. The van der Waals surface area contributed by atoms with Crippen molar-refractivity contribution in [2.24, 2.45) is 5.92 Å². The molecule has 0 aliphatic rings. The van der Waals surface area contributed by atoms with E-state index < -0.39 is 0 Å². The maximum Gasteiger partial charge on any atom is 0.0168 e. The summed E-state index contributed by atoms with van der Waals surface area (Å²) in [6.45, 7) is 6.88. The molecule has 98 valence electrons. The first-order valence-electron chi connectivity index (χ1n) is 7.32. The molecule has 0 saturated carbocycles. The first-order valence-corrected chi connectivity index (χ1v) is 8.24. The van der Waals surface area contributed by atoms with Crippen LogP contribution in [-0.4, -0.2) is 4.83 Å². The van der Waals surface area contributed by atoms with Gasteiger partial charge in [0.1, 0.15) is 0 Å². The summed E-state index contributed by atoms with van der Waals surface area (Å²) >= 11 is 3.75. The predicted octanol–water partition coefficient (Wildman–Crippen LogP) is 6.33. The summed E-state index contributed by atoms with van der Waals surface area (Å²) in [6, 6.07) is 0. The first kappa shape index (κ1) is 16.5. The highest BCUT2D eigenvalue weighted by Crippen LogP contribution is 2.19. The van der Waals surface area contributed by atoms with Gasteiger partial charge in [0.25, 0.3) is 0 Å². The molecule has 16 heavy (non-hydrogen) atoms. The Kier molecular flexibility index (Phi) is 12.3. The molecule has 1 heteroatoms. The molecule has 1 unspecified atom stereocenters. The lowest BCUT2D eigenvalue weighted by molar-refractivity contribution is 0.520. The second kappa shape index (κ2) is 12.0. The Morgan fingerprint density at radius 3 is 1.62 bits per heavy atom. The molecular formula is C15H31Br. The molecule has 0 aromatic carbocycles. The van der Waals surface area contributed by atoms with Crippen molar-refractivity contribution in [2.45, 2.75) is 89.8 Å². The summed E-state index contributed by atoms with van der Waals surface area (Å²) in [6.07, 6.45) is 14.3. The molecule has 0 amide bonds. The molecule has 0 aromatic heterocycles. The van der Waals surface area contributed by atoms with Crippen molar-refractivity contribution >= 4 is 15.9 Å². The van der Waals surface area contributed by atoms with Crippen LogP contribution in [-0.2, 0) is 0 Å². The Balaban J connectivity index is 3.04. The van der Waals surface area contributed by atoms with E-state index >= 15 is 0 Å². The van der Waals surface area contributed by atoms with Gasteiger partial charge in [0.2, 0.25) is 0 Å². The van der Waals surface area contributed by atoms with Crippen LogP contribution in [0.15, 0.2) is 0 Å². The molecule has 0 bridgehead atoms. The fourth-order valence-corrected chi connectivity index (χ4v) is 2.31. The molecule has 0 radical (unpaired) electrons. The molecule has 0 heterocycles. The Bertz CT molecular complexity index is 131. The zero-order valence-corrected chi connectivity index (χ0v) is 13.2. The molecule has 0 aliphatic carbocycles. The first-order chi connectivity index (χ1) is 7.68. The van der Waals surface area contributed by atoms with Gasteiger partial charge in [0, 0.05) is 4.83 Å². The highest BCUT2D eigenvalue weighted by atomic mass is 79.9. The fraction of sp³-hybridized carbons (Fsp3) is 1.00. The maximum atomic E-state index is 3.75. The molecule has 0 saturated heterocycles. The summed E-state index contributed by atoms with van der Waals surface area (Å²) < 4.78 is 0. The zero-order chi connectivity index (χ0) is 12.2. The number of alkyl halides is 1. The second-order valence-electron chi connectivity index (χ2n) is 5.38. The topological polar surface area (TPSA) is 0 Å². The van der Waals surface area contributed by atoms with Gasteiger partial charge in [-0.25, -0.2) is 0 Å². The van der Waals surface area contributed by atoms with Gasteiger partial charge in [-0.1, -0.05) is 94.5 Å². The van der Waals surface area contributed by atoms with E-state index in [1.54, 1.807) is 0 Å². The highest BCUT2D eigenvalue weighted by Gasteiger charge is 2.07. The lowest BCUT2D eigenvalue weighted by Crippen LogP contribution is -2.06. The van der Waals surface area contributed by atoms with Gasteiger partial charge in [-0.3, -0.25) is 0 Å². The summed E-state index contributed by atoms with van der Waals surface area (Å²) in [5.41, 5.74) is 0. The van der Waals surface area contributed by atoms with Gasteiger partial charge in [0.15, 0.2) is 0 Å². The second-order valence-corrected chi connectivity index (χ2v) is 6.55. The van der Waals surface area contributed by atoms with E-state index in [0.29, 0.717) is 0 Å². The smallest absolute Gasteiger partial charge is 0.0168 e. The van der Waals surface area contributed by atoms with Crippen LogP contribution < -0.4 is 0 Å². The minimum atomic E-state index is 0.733. The molecule has 0 rings (SSSR count). The average molecular weight is 291 g/mol. The summed E-state index contributed by atoms with van der Waals surface area (Å²) in [7, 11) is 0. The zero-order valence-electron chi connectivity index (χ0n) is 11.6. The molecule has 0 aromatic rings. The summed E-state index contributed by atoms with van der Waals surface area (Å²) in [5.74, 6) is 0.786. The minimum Gasteiger partial charge on any atom is -0.0888 e. The van der Waals surface area contributed by atoms with Crippen LogP contribution in [0.1, 0.15) is 85.0 Å². The van der Waals surface area contributed by atoms with Gasteiger partial charge in [0.05, 0.1) is 0 Å². The molecule has 0 N–H and O–H groups in total. The van der Waals surface area contributed by atoms with Crippen LogP contribution >= 0.6 is 15.9 Å². The molecule has 0 nitrogen and oxygen atoms in total. The third kappa shape index (κ3) is 11.0. The Labute approximate surface area is 112 Å². The van der Waals surface area contributed by atoms with Gasteiger partial charge in [-0.05, 0) is 12.3 Å². The summed E-state index contributed by atoms with van der Waals surface area (Å²) in [4.78, 5) is 0.733. The van der Waals surface area contributed by atoms with E-state index in [4.69, 9.17) is 0 Å². The maximum absolute atomic E-state index is 3.75. The lowest BCUT2D eigenvalue weighted by Gasteiger charge is -2.12. The Morgan fingerprint density at radius 1 is 0.750 bits per heavy atom. The molecule has 1 atom stereocenters. The molecular weight excluding hydrogens is 260 g/mol. The van der Waals surface area contributed by atoms with Crippen molar-refractivity contribution in [1.29, 1.82) is 0 Å². The van der Waals surface area contributed by atoms with Crippen molar-refractivity contribution in [3.8, 4) is 0 Å². The van der Waals surface area contributed by atoms with Gasteiger partial charge in [-0.15, -0.1) is 0 Å². The van der Waals surface area contributed by atoms with Gasteiger partial charge in [-0.2, -0.15) is 0 Å². The van der Waals surface area contributed by atoms with Crippen LogP contribution in [0.5, 0.6) is 0 Å². The van der Waals surface area contributed by atoms with E-state index in [9.17, 15) is 0 Å². The van der Waals surface area contributed by atoms with Crippen molar-refractivity contribution in [3.63, 3.8) is 0 Å². The average Bonchev–Trinajstić information content (AvgIpc) is 2.26. The SMILES string of the molecule is CCCCCCCCCCCC(Br)C(C)C. The van der Waals surface area contributed by atoms with Crippen LogP contribution in [0.3, 0.4) is 0 Å². The Morgan fingerprint density at radius 2 is 1.19 bits per heavy atom. The molecule has 0 fully saturated rings. The van der Waals surface area contributed by atoms with Crippen LogP contribution in [0.2, 0.25) is 0 Å². The normalized spacial score (nSPS) is 13.3. The third-order valence-corrected chi connectivity index (χ3v) is 4.82. The van der Waals surface area contributed by atoms with E-state index in [-0.39, 0.29) is 0 Å². The van der Waals surface area contributed by atoms with Gasteiger partial charge >= 0.3 is 0 Å². The highest BCUT2D eigenvalue weighted by molar-refractivity contribution is 9.09. The number of hydrogen-bond acceptors (Lipinski definition) is 0.